The molecule has 0 fully saturated rings. The highest BCUT2D eigenvalue weighted by Crippen LogP contribution is 2.38. The number of carbonyl (C=O) groups is 1. The average Bonchev–Trinajstić information content (AvgIpc) is 2.34. The van der Waals surface area contributed by atoms with E-state index in [0.717, 1.165) is 17.4 Å². The Labute approximate surface area is 122 Å². The van der Waals surface area contributed by atoms with Crippen molar-refractivity contribution in [3.05, 3.63) is 47.0 Å². The Morgan fingerprint density at radius 1 is 0.850 bits per heavy atom. The first kappa shape index (κ1) is 14.8. The second-order valence-electron chi connectivity index (χ2n) is 7.55. The molecule has 0 saturated heterocycles. The van der Waals surface area contributed by atoms with Crippen molar-refractivity contribution in [2.45, 2.75) is 52.4 Å². The third-order valence-corrected chi connectivity index (χ3v) is 3.76. The van der Waals surface area contributed by atoms with Gasteiger partial charge in [0.1, 0.15) is 6.29 Å². The van der Waals surface area contributed by atoms with E-state index in [2.05, 4.69) is 71.9 Å². The van der Waals surface area contributed by atoms with Crippen LogP contribution in [-0.2, 0) is 10.8 Å². The van der Waals surface area contributed by atoms with Crippen molar-refractivity contribution in [3.8, 4) is 0 Å². The first-order valence-corrected chi connectivity index (χ1v) is 7.18. The molecule has 0 aliphatic carbocycles. The zero-order valence-electron chi connectivity index (χ0n) is 13.4. The van der Waals surface area contributed by atoms with Crippen LogP contribution >= 0.6 is 0 Å². The third kappa shape index (κ3) is 2.49. The lowest BCUT2D eigenvalue weighted by Crippen LogP contribution is -2.18. The van der Waals surface area contributed by atoms with Crippen molar-refractivity contribution in [3.63, 3.8) is 0 Å². The van der Waals surface area contributed by atoms with Crippen molar-refractivity contribution >= 4 is 17.1 Å². The fraction of sp³-hybridized carbons (Fsp3) is 0.421. The number of fused-ring (bicyclic) bond motifs is 1. The predicted octanol–water partition coefficient (Wildman–Crippen LogP) is 5.25. The molecule has 0 saturated carbocycles. The maximum absolute atomic E-state index is 11.6. The zero-order valence-corrected chi connectivity index (χ0v) is 13.4. The predicted molar refractivity (Wildman–Crippen MR) is 86.7 cm³/mol. The van der Waals surface area contributed by atoms with E-state index < -0.39 is 0 Å². The van der Waals surface area contributed by atoms with E-state index in [1.807, 2.05) is 0 Å². The van der Waals surface area contributed by atoms with Gasteiger partial charge in [0.2, 0.25) is 0 Å². The number of carbonyl (C=O) groups excluding carboxylic acids is 1. The Balaban J connectivity index is 3.00. The molecule has 0 heterocycles. The summed E-state index contributed by atoms with van der Waals surface area (Å²) >= 11 is 0. The van der Waals surface area contributed by atoms with Crippen LogP contribution in [0.3, 0.4) is 0 Å². The largest absolute Gasteiger partial charge is 0.298 e. The lowest BCUT2D eigenvalue weighted by molar-refractivity contribution is 0.112. The van der Waals surface area contributed by atoms with Gasteiger partial charge in [-0.25, -0.2) is 0 Å². The summed E-state index contributed by atoms with van der Waals surface area (Å²) in [5.74, 6) is 0. The van der Waals surface area contributed by atoms with Gasteiger partial charge in [0, 0.05) is 5.56 Å². The minimum Gasteiger partial charge on any atom is -0.298 e. The van der Waals surface area contributed by atoms with Crippen molar-refractivity contribution in [2.75, 3.05) is 0 Å². The van der Waals surface area contributed by atoms with Gasteiger partial charge in [-0.3, -0.25) is 4.79 Å². The highest BCUT2D eigenvalue weighted by Gasteiger charge is 2.25. The first-order valence-electron chi connectivity index (χ1n) is 7.18. The fourth-order valence-corrected chi connectivity index (χ4v) is 2.95. The summed E-state index contributed by atoms with van der Waals surface area (Å²) < 4.78 is 0. The van der Waals surface area contributed by atoms with E-state index in [0.29, 0.717) is 0 Å². The van der Waals surface area contributed by atoms with E-state index in [1.54, 1.807) is 0 Å². The van der Waals surface area contributed by atoms with Crippen LogP contribution in [0.1, 0.15) is 63.0 Å². The van der Waals surface area contributed by atoms with Crippen LogP contribution in [-0.4, -0.2) is 6.29 Å². The number of hydrogen-bond acceptors (Lipinski definition) is 1. The molecule has 0 N–H and O–H groups in total. The normalized spacial score (nSPS) is 12.7. The van der Waals surface area contributed by atoms with Gasteiger partial charge < -0.3 is 0 Å². The second-order valence-corrected chi connectivity index (χ2v) is 7.55. The summed E-state index contributed by atoms with van der Waals surface area (Å²) in [7, 11) is 0. The van der Waals surface area contributed by atoms with Crippen molar-refractivity contribution in [2.24, 2.45) is 0 Å². The third-order valence-electron chi connectivity index (χ3n) is 3.76. The molecular weight excluding hydrogens is 244 g/mol. The maximum atomic E-state index is 11.6. The summed E-state index contributed by atoms with van der Waals surface area (Å²) in [6, 6.07) is 10.5. The molecule has 0 unspecified atom stereocenters. The summed E-state index contributed by atoms with van der Waals surface area (Å²) in [5, 5.41) is 2.46. The average molecular weight is 268 g/mol. The van der Waals surface area contributed by atoms with Crippen LogP contribution in [0.4, 0.5) is 0 Å². The topological polar surface area (TPSA) is 17.1 Å². The van der Waals surface area contributed by atoms with Gasteiger partial charge in [0.25, 0.3) is 0 Å². The molecule has 1 nitrogen and oxygen atoms in total. The maximum Gasteiger partial charge on any atom is 0.150 e. The number of aldehydes is 1. The summed E-state index contributed by atoms with van der Waals surface area (Å²) in [6.07, 6.45) is 1.00. The molecule has 0 bridgehead atoms. The fourth-order valence-electron chi connectivity index (χ4n) is 2.95. The molecule has 2 rings (SSSR count). The molecule has 0 radical (unpaired) electrons. The molecule has 2 aromatic rings. The Hall–Kier alpha value is -1.63. The van der Waals surface area contributed by atoms with Gasteiger partial charge in [-0.2, -0.15) is 0 Å². The standard InChI is InChI=1S/C19H24O/c1-18(2,3)16-11-13(12-20)17(19(4,5)6)15-10-8-7-9-14(15)16/h7-12H,1-6H3. The van der Waals surface area contributed by atoms with E-state index in [4.69, 9.17) is 0 Å². The lowest BCUT2D eigenvalue weighted by Gasteiger charge is -2.28. The van der Waals surface area contributed by atoms with Crippen LogP contribution < -0.4 is 0 Å². The lowest BCUT2D eigenvalue weighted by atomic mass is 9.75. The summed E-state index contributed by atoms with van der Waals surface area (Å²) in [4.78, 5) is 11.6. The minimum atomic E-state index is -0.0493. The van der Waals surface area contributed by atoms with E-state index in [9.17, 15) is 4.79 Å². The number of rotatable bonds is 1. The van der Waals surface area contributed by atoms with Crippen LogP contribution in [0.5, 0.6) is 0 Å². The quantitative estimate of drug-likeness (QED) is 0.646. The number of benzene rings is 2. The van der Waals surface area contributed by atoms with Crippen molar-refractivity contribution < 1.29 is 4.79 Å². The van der Waals surface area contributed by atoms with Gasteiger partial charge in [0.15, 0.2) is 0 Å². The minimum absolute atomic E-state index is 0.0216. The zero-order chi connectivity index (χ0) is 15.1. The first-order chi connectivity index (χ1) is 9.16. The molecule has 106 valence electrons. The molecule has 0 spiro atoms. The molecule has 0 aromatic heterocycles. The molecule has 0 aliphatic heterocycles. The van der Waals surface area contributed by atoms with Crippen molar-refractivity contribution in [1.29, 1.82) is 0 Å². The molecule has 1 heteroatoms. The monoisotopic (exact) mass is 268 g/mol. The highest BCUT2D eigenvalue weighted by atomic mass is 16.1. The Bertz CT molecular complexity index is 652. The Morgan fingerprint density at radius 3 is 1.85 bits per heavy atom. The molecule has 20 heavy (non-hydrogen) atoms. The van der Waals surface area contributed by atoms with Crippen LogP contribution in [0.15, 0.2) is 30.3 Å². The summed E-state index contributed by atoms with van der Waals surface area (Å²) in [5.41, 5.74) is 3.18. The Kier molecular flexibility index (Phi) is 3.49. The Morgan fingerprint density at radius 2 is 1.40 bits per heavy atom. The highest BCUT2D eigenvalue weighted by molar-refractivity contribution is 5.96. The van der Waals surface area contributed by atoms with E-state index in [1.165, 1.54) is 16.3 Å². The SMILES string of the molecule is CC(C)(C)c1cc(C=O)c(C(C)(C)C)c2ccccc12. The van der Waals surface area contributed by atoms with Crippen LogP contribution in [0.25, 0.3) is 10.8 Å². The smallest absolute Gasteiger partial charge is 0.150 e. The summed E-state index contributed by atoms with van der Waals surface area (Å²) in [6.45, 7) is 13.1. The van der Waals surface area contributed by atoms with Gasteiger partial charge in [-0.15, -0.1) is 0 Å². The van der Waals surface area contributed by atoms with Crippen LogP contribution in [0.2, 0.25) is 0 Å². The van der Waals surface area contributed by atoms with Gasteiger partial charge in [-0.1, -0.05) is 65.8 Å². The van der Waals surface area contributed by atoms with Gasteiger partial charge in [-0.05, 0) is 38.8 Å². The van der Waals surface area contributed by atoms with Gasteiger partial charge >= 0.3 is 0 Å². The molecule has 0 amide bonds. The molecule has 2 aromatic carbocycles. The van der Waals surface area contributed by atoms with Gasteiger partial charge in [0.05, 0.1) is 0 Å². The number of hydrogen-bond donors (Lipinski definition) is 0. The van der Waals surface area contributed by atoms with E-state index >= 15 is 0 Å². The second kappa shape index (κ2) is 4.73. The molecular formula is C19H24O. The molecule has 0 aliphatic rings. The van der Waals surface area contributed by atoms with Crippen LogP contribution in [0, 0.1) is 0 Å². The van der Waals surface area contributed by atoms with E-state index in [-0.39, 0.29) is 10.8 Å². The molecule has 0 atom stereocenters. The van der Waals surface area contributed by atoms with Crippen molar-refractivity contribution in [1.82, 2.24) is 0 Å².